The van der Waals surface area contributed by atoms with Gasteiger partial charge in [0.25, 0.3) is 0 Å². The number of aliphatic hydroxyl groups is 1. The molecular weight excluding hydrogens is 544 g/mol. The summed E-state index contributed by atoms with van der Waals surface area (Å²) in [4.78, 5) is 0. The lowest BCUT2D eigenvalue weighted by Crippen LogP contribution is -2.13. The molecule has 1 aliphatic heterocycles. The molecule has 0 fully saturated rings. The van der Waals surface area contributed by atoms with Crippen LogP contribution < -0.4 is 4.74 Å². The number of benzene rings is 5. The van der Waals surface area contributed by atoms with Gasteiger partial charge in [-0.25, -0.2) is 0 Å². The molecule has 5 aromatic carbocycles. The minimum Gasteiger partial charge on any atom is -0.508 e. The molecule has 0 spiro atoms. The van der Waals surface area contributed by atoms with Crippen LogP contribution in [0.1, 0.15) is 50.6 Å². The van der Waals surface area contributed by atoms with Crippen molar-refractivity contribution in [2.45, 2.75) is 25.4 Å². The van der Waals surface area contributed by atoms with Crippen molar-refractivity contribution in [2.75, 3.05) is 0 Å². The predicted octanol–water partition coefficient (Wildman–Crippen LogP) is 6.45. The van der Waals surface area contributed by atoms with Crippen LogP contribution in [0.3, 0.4) is 0 Å². The summed E-state index contributed by atoms with van der Waals surface area (Å²) in [6.45, 7) is 0. The summed E-state index contributed by atoms with van der Waals surface area (Å²) in [7, 11) is 0. The van der Waals surface area contributed by atoms with E-state index in [-0.39, 0.29) is 64.0 Å². The Morgan fingerprint density at radius 1 is 0.558 bits per heavy atom. The third kappa shape index (κ3) is 5.46. The van der Waals surface area contributed by atoms with Gasteiger partial charge in [0.05, 0.1) is 5.56 Å². The molecule has 1 atom stereocenters. The summed E-state index contributed by atoms with van der Waals surface area (Å²) in [5, 5.41) is 65.8. The fourth-order valence-electron chi connectivity index (χ4n) is 5.48. The molecule has 0 radical (unpaired) electrons. The summed E-state index contributed by atoms with van der Waals surface area (Å²) >= 11 is 0. The lowest BCUT2D eigenvalue weighted by Gasteiger charge is -2.28. The number of para-hydroxylation sites is 2. The van der Waals surface area contributed by atoms with Gasteiger partial charge in [-0.3, -0.25) is 0 Å². The Hall–Kier alpha value is -5.40. The Labute approximate surface area is 248 Å². The van der Waals surface area contributed by atoms with Gasteiger partial charge in [-0.2, -0.15) is 0 Å². The van der Waals surface area contributed by atoms with Gasteiger partial charge in [0, 0.05) is 36.0 Å². The third-order valence-corrected chi connectivity index (χ3v) is 7.77. The number of fused-ring (bicyclic) bond motifs is 1. The van der Waals surface area contributed by atoms with E-state index >= 15 is 0 Å². The number of phenols is 5. The van der Waals surface area contributed by atoms with E-state index in [0.717, 1.165) is 11.1 Å². The number of rotatable bonds is 7. The summed E-state index contributed by atoms with van der Waals surface area (Å²) in [6, 6.07) is 28.0. The molecule has 7 nitrogen and oxygen atoms in total. The average Bonchev–Trinajstić information content (AvgIpc) is 3.00. The van der Waals surface area contributed by atoms with Crippen LogP contribution in [-0.4, -0.2) is 30.6 Å². The Balaban J connectivity index is 1.43. The van der Waals surface area contributed by atoms with Gasteiger partial charge in [-0.1, -0.05) is 78.9 Å². The number of aliphatic hydroxyl groups excluding tert-OH is 1. The van der Waals surface area contributed by atoms with Crippen molar-refractivity contribution in [3.8, 4) is 34.5 Å². The van der Waals surface area contributed by atoms with Crippen molar-refractivity contribution < 1.29 is 35.4 Å². The van der Waals surface area contributed by atoms with E-state index in [4.69, 9.17) is 4.74 Å². The first-order chi connectivity index (χ1) is 20.8. The van der Waals surface area contributed by atoms with Gasteiger partial charge >= 0.3 is 0 Å². The second-order valence-electron chi connectivity index (χ2n) is 10.6. The lowest BCUT2D eigenvalue weighted by atomic mass is 9.88. The highest BCUT2D eigenvalue weighted by molar-refractivity contribution is 5.73. The summed E-state index contributed by atoms with van der Waals surface area (Å²) in [5.41, 5.74) is 3.62. The van der Waals surface area contributed by atoms with Crippen LogP contribution in [0.2, 0.25) is 0 Å². The van der Waals surface area contributed by atoms with E-state index < -0.39 is 6.10 Å². The summed E-state index contributed by atoms with van der Waals surface area (Å²) in [6.07, 6.45) is 0.646. The Morgan fingerprint density at radius 2 is 1.14 bits per heavy atom. The van der Waals surface area contributed by atoms with E-state index in [1.54, 1.807) is 42.5 Å². The zero-order chi connectivity index (χ0) is 30.1. The highest BCUT2D eigenvalue weighted by Gasteiger charge is 2.33. The number of phenolic OH excluding ortho intramolecular Hbond substituents is 5. The number of hydrogen-bond donors (Lipinski definition) is 6. The van der Waals surface area contributed by atoms with E-state index in [1.165, 1.54) is 12.1 Å². The normalized spacial score (nSPS) is 14.1. The van der Waals surface area contributed by atoms with E-state index in [9.17, 15) is 30.6 Å². The van der Waals surface area contributed by atoms with Crippen molar-refractivity contribution in [1.82, 2.24) is 0 Å². The van der Waals surface area contributed by atoms with E-state index in [1.807, 2.05) is 48.5 Å². The zero-order valence-corrected chi connectivity index (χ0v) is 23.1. The second-order valence-corrected chi connectivity index (χ2v) is 10.6. The summed E-state index contributed by atoms with van der Waals surface area (Å²) in [5.74, 6) is 0.00443. The number of ether oxygens (including phenoxy) is 1. The molecule has 0 saturated heterocycles. The third-order valence-electron chi connectivity index (χ3n) is 7.77. The molecule has 216 valence electrons. The Kier molecular flexibility index (Phi) is 7.40. The monoisotopic (exact) mass is 574 g/mol. The molecule has 0 amide bonds. The van der Waals surface area contributed by atoms with Crippen LogP contribution in [0.15, 0.2) is 103 Å². The number of aromatic hydroxyl groups is 5. The maximum Gasteiger partial charge on any atom is 0.144 e. The molecule has 5 aromatic rings. The molecular formula is C36H30O7. The van der Waals surface area contributed by atoms with Crippen molar-refractivity contribution in [2.24, 2.45) is 0 Å². The molecule has 7 heteroatoms. The molecule has 1 unspecified atom stereocenters. The maximum atomic E-state index is 11.6. The predicted molar refractivity (Wildman–Crippen MR) is 163 cm³/mol. The molecule has 0 aromatic heterocycles. The Morgan fingerprint density at radius 3 is 1.79 bits per heavy atom. The minimum atomic E-state index is -1.25. The Bertz CT molecular complexity index is 1840. The first-order valence-corrected chi connectivity index (χ1v) is 13.9. The van der Waals surface area contributed by atoms with Gasteiger partial charge in [0.2, 0.25) is 0 Å². The lowest BCUT2D eigenvalue weighted by molar-refractivity contribution is 0.210. The fraction of sp³-hybridized carbons (Fsp3) is 0.111. The second kappa shape index (κ2) is 11.5. The van der Waals surface area contributed by atoms with Gasteiger partial charge in [0.15, 0.2) is 0 Å². The first kappa shape index (κ1) is 27.8. The summed E-state index contributed by atoms with van der Waals surface area (Å²) < 4.78 is 6.26. The smallest absolute Gasteiger partial charge is 0.144 e. The van der Waals surface area contributed by atoms with Crippen molar-refractivity contribution in [3.63, 3.8) is 0 Å². The van der Waals surface area contributed by atoms with Crippen molar-refractivity contribution in [1.29, 1.82) is 0 Å². The van der Waals surface area contributed by atoms with Gasteiger partial charge in [0.1, 0.15) is 46.4 Å². The first-order valence-electron chi connectivity index (χ1n) is 13.9. The van der Waals surface area contributed by atoms with Crippen LogP contribution in [0.4, 0.5) is 0 Å². The molecule has 1 heterocycles. The van der Waals surface area contributed by atoms with E-state index in [2.05, 4.69) is 0 Å². The molecule has 0 saturated carbocycles. The van der Waals surface area contributed by atoms with Crippen LogP contribution >= 0.6 is 0 Å². The molecule has 0 aliphatic carbocycles. The highest BCUT2D eigenvalue weighted by atomic mass is 16.5. The standard InChI is InChI=1S/C36H30O7/c37-28-12-6-4-10-23(28)16-21-14-15-25(30(39)17-21)19-27-34(41)26(18-24-11-5-7-13-29(24)38)35(42)33-31(40)20-32(43-36(27)33)22-8-2-1-3-9-22/h1-15,17,20,31,37-42H,16,18-19H2. The van der Waals surface area contributed by atoms with Crippen LogP contribution in [0.5, 0.6) is 34.5 Å². The topological polar surface area (TPSA) is 131 Å². The van der Waals surface area contributed by atoms with E-state index in [0.29, 0.717) is 28.9 Å². The van der Waals surface area contributed by atoms with Crippen LogP contribution in [0, 0.1) is 0 Å². The largest absolute Gasteiger partial charge is 0.508 e. The van der Waals surface area contributed by atoms with Crippen LogP contribution in [0.25, 0.3) is 5.76 Å². The van der Waals surface area contributed by atoms with Crippen molar-refractivity contribution in [3.05, 3.63) is 148 Å². The van der Waals surface area contributed by atoms with Gasteiger partial charge in [-0.05, 0) is 46.5 Å². The van der Waals surface area contributed by atoms with Crippen LogP contribution in [-0.2, 0) is 19.3 Å². The molecule has 0 bridgehead atoms. The van der Waals surface area contributed by atoms with Crippen molar-refractivity contribution >= 4 is 5.76 Å². The fourth-order valence-corrected chi connectivity index (χ4v) is 5.48. The zero-order valence-electron chi connectivity index (χ0n) is 23.1. The molecule has 1 aliphatic rings. The molecule has 6 rings (SSSR count). The SMILES string of the molecule is Oc1ccccc1Cc1ccc(Cc2c(O)c(Cc3ccccc3O)c(O)c3c2OC(c2ccccc2)=CC3O)c(O)c1. The molecule has 43 heavy (non-hydrogen) atoms. The van der Waals surface area contributed by atoms with Gasteiger partial charge < -0.3 is 35.4 Å². The maximum absolute atomic E-state index is 11.6. The van der Waals surface area contributed by atoms with Gasteiger partial charge in [-0.15, -0.1) is 0 Å². The quantitative estimate of drug-likeness (QED) is 0.132. The number of hydrogen-bond acceptors (Lipinski definition) is 7. The highest BCUT2D eigenvalue weighted by Crippen LogP contribution is 2.51. The molecule has 6 N–H and O–H groups in total. The average molecular weight is 575 g/mol. The minimum absolute atomic E-state index is 0.00122.